The Kier molecular flexibility index (Phi) is 3.90. The Morgan fingerprint density at radius 3 is 2.50 bits per heavy atom. The highest BCUT2D eigenvalue weighted by Crippen LogP contribution is 2.32. The third-order valence-electron chi connectivity index (χ3n) is 3.45. The molecule has 1 N–H and O–H groups in total. The summed E-state index contributed by atoms with van der Waals surface area (Å²) in [5.41, 5.74) is 2.11. The van der Waals surface area contributed by atoms with Gasteiger partial charge in [0.15, 0.2) is 5.79 Å². The average Bonchev–Trinajstić information content (AvgIpc) is 2.39. The summed E-state index contributed by atoms with van der Waals surface area (Å²) >= 11 is 0. The monoisotopic (exact) mass is 251 g/mol. The highest BCUT2D eigenvalue weighted by molar-refractivity contribution is 5.37. The van der Waals surface area contributed by atoms with Crippen LogP contribution in [0.1, 0.15) is 18.1 Å². The highest BCUT2D eigenvalue weighted by atomic mass is 16.7. The van der Waals surface area contributed by atoms with Crippen molar-refractivity contribution in [1.29, 1.82) is 0 Å². The van der Waals surface area contributed by atoms with Crippen LogP contribution in [0.4, 0.5) is 0 Å². The van der Waals surface area contributed by atoms with Crippen molar-refractivity contribution in [3.8, 4) is 5.75 Å². The van der Waals surface area contributed by atoms with Crippen LogP contribution < -0.4 is 10.1 Å². The van der Waals surface area contributed by atoms with E-state index in [1.165, 1.54) is 0 Å². The van der Waals surface area contributed by atoms with Crippen molar-refractivity contribution in [2.75, 3.05) is 27.4 Å². The quantitative estimate of drug-likeness (QED) is 0.889. The lowest BCUT2D eigenvalue weighted by molar-refractivity contribution is -0.272. The standard InChI is InChI=1S/C14H21NO3/c1-10-7-11(5-6-13(10)16-4)14(2)17-8-12(15-3)9-18-14/h5-7,12,15H,8-9H2,1-4H3. The average molecular weight is 251 g/mol. The first-order valence-corrected chi connectivity index (χ1v) is 6.19. The second-order valence-electron chi connectivity index (χ2n) is 4.74. The number of likely N-dealkylation sites (N-methyl/N-ethyl adjacent to an activating group) is 1. The maximum atomic E-state index is 5.86. The van der Waals surface area contributed by atoms with E-state index in [4.69, 9.17) is 14.2 Å². The Morgan fingerprint density at radius 1 is 1.33 bits per heavy atom. The van der Waals surface area contributed by atoms with Crippen molar-refractivity contribution in [3.63, 3.8) is 0 Å². The topological polar surface area (TPSA) is 39.7 Å². The van der Waals surface area contributed by atoms with Crippen molar-refractivity contribution in [3.05, 3.63) is 29.3 Å². The van der Waals surface area contributed by atoms with Gasteiger partial charge < -0.3 is 19.5 Å². The fraction of sp³-hybridized carbons (Fsp3) is 0.571. The lowest BCUT2D eigenvalue weighted by Crippen LogP contribution is -2.47. The number of hydrogen-bond acceptors (Lipinski definition) is 4. The Labute approximate surface area is 108 Å². The predicted molar refractivity (Wildman–Crippen MR) is 69.8 cm³/mol. The first-order chi connectivity index (χ1) is 8.59. The van der Waals surface area contributed by atoms with Gasteiger partial charge in [-0.2, -0.15) is 0 Å². The van der Waals surface area contributed by atoms with Gasteiger partial charge >= 0.3 is 0 Å². The van der Waals surface area contributed by atoms with E-state index in [-0.39, 0.29) is 6.04 Å². The van der Waals surface area contributed by atoms with Gasteiger partial charge in [-0.05, 0) is 44.7 Å². The molecule has 2 rings (SSSR count). The van der Waals surface area contributed by atoms with Crippen LogP contribution >= 0.6 is 0 Å². The minimum absolute atomic E-state index is 0.262. The zero-order chi connectivity index (χ0) is 13.2. The number of hydrogen-bond donors (Lipinski definition) is 1. The zero-order valence-electron chi connectivity index (χ0n) is 11.4. The van der Waals surface area contributed by atoms with Gasteiger partial charge in [-0.25, -0.2) is 0 Å². The van der Waals surface area contributed by atoms with Crippen molar-refractivity contribution >= 4 is 0 Å². The lowest BCUT2D eigenvalue weighted by atomic mass is 10.0. The summed E-state index contributed by atoms with van der Waals surface area (Å²) in [5.74, 6) is 0.218. The van der Waals surface area contributed by atoms with E-state index in [0.717, 1.165) is 16.9 Å². The molecule has 0 saturated carbocycles. The number of benzene rings is 1. The van der Waals surface area contributed by atoms with Gasteiger partial charge in [0.1, 0.15) is 5.75 Å². The molecule has 0 radical (unpaired) electrons. The smallest absolute Gasteiger partial charge is 0.192 e. The van der Waals surface area contributed by atoms with Crippen LogP contribution in [0.3, 0.4) is 0 Å². The number of nitrogens with one attached hydrogen (secondary N) is 1. The van der Waals surface area contributed by atoms with E-state index >= 15 is 0 Å². The fourth-order valence-electron chi connectivity index (χ4n) is 2.10. The van der Waals surface area contributed by atoms with Gasteiger partial charge in [-0.3, -0.25) is 0 Å². The molecule has 0 aromatic heterocycles. The summed E-state index contributed by atoms with van der Waals surface area (Å²) in [6.45, 7) is 5.28. The second-order valence-corrected chi connectivity index (χ2v) is 4.74. The number of methoxy groups -OCH3 is 1. The minimum Gasteiger partial charge on any atom is -0.496 e. The normalized spacial score (nSPS) is 28.1. The summed E-state index contributed by atoms with van der Waals surface area (Å²) in [6.07, 6.45) is 0. The molecule has 0 unspecified atom stereocenters. The van der Waals surface area contributed by atoms with Crippen molar-refractivity contribution in [1.82, 2.24) is 5.32 Å². The van der Waals surface area contributed by atoms with Crippen LogP contribution in [0, 0.1) is 6.92 Å². The van der Waals surface area contributed by atoms with Gasteiger partial charge in [-0.15, -0.1) is 0 Å². The Balaban J connectivity index is 2.18. The molecule has 0 spiro atoms. The van der Waals surface area contributed by atoms with Crippen molar-refractivity contribution < 1.29 is 14.2 Å². The van der Waals surface area contributed by atoms with Gasteiger partial charge in [0.2, 0.25) is 0 Å². The third-order valence-corrected chi connectivity index (χ3v) is 3.45. The molecule has 4 heteroatoms. The molecular weight excluding hydrogens is 230 g/mol. The van der Waals surface area contributed by atoms with Crippen LogP contribution in [0.2, 0.25) is 0 Å². The molecule has 1 fully saturated rings. The first kappa shape index (κ1) is 13.3. The molecule has 1 aromatic rings. The Hall–Kier alpha value is -1.10. The largest absolute Gasteiger partial charge is 0.496 e. The summed E-state index contributed by atoms with van der Waals surface area (Å²) < 4.78 is 17.0. The molecule has 18 heavy (non-hydrogen) atoms. The molecule has 0 atom stereocenters. The molecule has 1 aliphatic rings. The van der Waals surface area contributed by atoms with Crippen molar-refractivity contribution in [2.24, 2.45) is 0 Å². The van der Waals surface area contributed by atoms with Crippen LogP contribution in [-0.4, -0.2) is 33.4 Å². The van der Waals surface area contributed by atoms with E-state index in [2.05, 4.69) is 11.4 Å². The molecule has 0 amide bonds. The summed E-state index contributed by atoms with van der Waals surface area (Å²) in [5, 5.41) is 3.15. The molecule has 1 aliphatic heterocycles. The SMILES string of the molecule is CNC1COC(C)(c2ccc(OC)c(C)c2)OC1. The van der Waals surface area contributed by atoms with Crippen LogP contribution in [0.5, 0.6) is 5.75 Å². The van der Waals surface area contributed by atoms with Gasteiger partial charge in [-0.1, -0.05) is 0 Å². The first-order valence-electron chi connectivity index (χ1n) is 6.19. The van der Waals surface area contributed by atoms with Crippen LogP contribution in [-0.2, 0) is 15.3 Å². The Bertz CT molecular complexity index is 412. The maximum Gasteiger partial charge on any atom is 0.192 e. The molecule has 1 heterocycles. The van der Waals surface area contributed by atoms with Crippen LogP contribution in [0.15, 0.2) is 18.2 Å². The summed E-state index contributed by atoms with van der Waals surface area (Å²) in [6, 6.07) is 6.26. The number of ether oxygens (including phenoxy) is 3. The van der Waals surface area contributed by atoms with E-state index in [0.29, 0.717) is 13.2 Å². The molecule has 1 saturated heterocycles. The van der Waals surface area contributed by atoms with Crippen LogP contribution in [0.25, 0.3) is 0 Å². The summed E-state index contributed by atoms with van der Waals surface area (Å²) in [7, 11) is 3.59. The maximum absolute atomic E-state index is 5.86. The van der Waals surface area contributed by atoms with E-state index in [9.17, 15) is 0 Å². The Morgan fingerprint density at radius 2 is 2.00 bits per heavy atom. The number of aryl methyl sites for hydroxylation is 1. The molecular formula is C14H21NO3. The zero-order valence-corrected chi connectivity index (χ0v) is 11.4. The van der Waals surface area contributed by atoms with Gasteiger partial charge in [0.25, 0.3) is 0 Å². The van der Waals surface area contributed by atoms with E-state index < -0.39 is 5.79 Å². The van der Waals surface area contributed by atoms with E-state index in [1.807, 2.05) is 33.0 Å². The third kappa shape index (κ3) is 2.51. The number of rotatable bonds is 3. The molecule has 0 bridgehead atoms. The lowest BCUT2D eigenvalue weighted by Gasteiger charge is -2.38. The minimum atomic E-state index is -0.662. The van der Waals surface area contributed by atoms with Gasteiger partial charge in [0, 0.05) is 5.56 Å². The molecule has 4 nitrogen and oxygen atoms in total. The second kappa shape index (κ2) is 5.26. The highest BCUT2D eigenvalue weighted by Gasteiger charge is 2.34. The molecule has 0 aliphatic carbocycles. The van der Waals surface area contributed by atoms with Crippen molar-refractivity contribution in [2.45, 2.75) is 25.7 Å². The summed E-state index contributed by atoms with van der Waals surface area (Å²) in [4.78, 5) is 0. The predicted octanol–water partition coefficient (Wildman–Crippen LogP) is 1.81. The molecule has 1 aromatic carbocycles. The van der Waals surface area contributed by atoms with Gasteiger partial charge in [0.05, 0.1) is 26.4 Å². The molecule has 100 valence electrons. The fourth-order valence-corrected chi connectivity index (χ4v) is 2.10. The van der Waals surface area contributed by atoms with E-state index in [1.54, 1.807) is 7.11 Å².